The molecule has 6 rings (SSSR count). The molecule has 0 heterocycles. The molecule has 6 N–H and O–H groups in total. The number of carboxylic acid groups (broad SMARTS) is 1. The largest absolute Gasteiger partial charge is 0.480 e. The van der Waals surface area contributed by atoms with Gasteiger partial charge in [-0.05, 0) is 56.1 Å². The summed E-state index contributed by atoms with van der Waals surface area (Å²) in [6, 6.07) is 38.0. The molecule has 336 valence electrons. The second kappa shape index (κ2) is 23.4. The van der Waals surface area contributed by atoms with Crippen molar-refractivity contribution in [2.24, 2.45) is 0 Å². The first kappa shape index (κ1) is 46.5. The maximum absolute atomic E-state index is 12.4. The van der Waals surface area contributed by atoms with Crippen molar-refractivity contribution in [3.8, 4) is 22.3 Å². The lowest BCUT2D eigenvalue weighted by atomic mass is 9.98. The molecule has 1 aliphatic rings. The van der Waals surface area contributed by atoms with Gasteiger partial charge >= 0.3 is 24.1 Å². The predicted octanol–water partition coefficient (Wildman–Crippen LogP) is 4.18. The molecule has 0 spiro atoms. The van der Waals surface area contributed by atoms with Crippen molar-refractivity contribution in [2.45, 2.75) is 31.6 Å². The number of hydrogen-bond acceptors (Lipinski definition) is 11. The third kappa shape index (κ3) is 14.2. The molecule has 0 unspecified atom stereocenters. The van der Waals surface area contributed by atoms with Crippen LogP contribution in [0.5, 0.6) is 0 Å². The zero-order chi connectivity index (χ0) is 46.0. The van der Waals surface area contributed by atoms with E-state index in [9.17, 15) is 38.7 Å². The van der Waals surface area contributed by atoms with Crippen LogP contribution in [0.4, 0.5) is 9.59 Å². The number of fused-ring (bicyclic) bond motifs is 3. The van der Waals surface area contributed by atoms with Crippen molar-refractivity contribution in [1.82, 2.24) is 26.6 Å². The zero-order valence-corrected chi connectivity index (χ0v) is 35.1. The van der Waals surface area contributed by atoms with Crippen LogP contribution in [0, 0.1) is 0 Å². The summed E-state index contributed by atoms with van der Waals surface area (Å²) in [4.78, 5) is 85.1. The molecule has 5 aromatic rings. The highest BCUT2D eigenvalue weighted by Gasteiger charge is 2.29. The number of aliphatic carboxylic acids is 1. The molecule has 5 amide bonds. The smallest absolute Gasteiger partial charge is 0.407 e. The van der Waals surface area contributed by atoms with E-state index >= 15 is 0 Å². The van der Waals surface area contributed by atoms with E-state index in [2.05, 4.69) is 26.6 Å². The zero-order valence-electron chi connectivity index (χ0n) is 35.1. The Morgan fingerprint density at radius 1 is 0.538 bits per heavy atom. The number of amides is 5. The fourth-order valence-electron chi connectivity index (χ4n) is 6.86. The van der Waals surface area contributed by atoms with Crippen LogP contribution in [-0.2, 0) is 62.6 Å². The lowest BCUT2D eigenvalue weighted by molar-refractivity contribution is -0.151. The van der Waals surface area contributed by atoms with E-state index in [1.165, 1.54) is 0 Å². The first-order valence-electron chi connectivity index (χ1n) is 20.5. The second-order valence-electron chi connectivity index (χ2n) is 14.7. The van der Waals surface area contributed by atoms with E-state index in [1.807, 2.05) is 78.9 Å². The van der Waals surface area contributed by atoms with Gasteiger partial charge in [-0.2, -0.15) is 0 Å². The van der Waals surface area contributed by atoms with Crippen LogP contribution in [0.2, 0.25) is 0 Å². The molecule has 1 aliphatic carbocycles. The van der Waals surface area contributed by atoms with Crippen LogP contribution in [0.15, 0.2) is 127 Å². The molecule has 0 radical (unpaired) electrons. The van der Waals surface area contributed by atoms with E-state index in [-0.39, 0.29) is 45.4 Å². The van der Waals surface area contributed by atoms with Gasteiger partial charge in [-0.3, -0.25) is 14.4 Å². The van der Waals surface area contributed by atoms with Crippen LogP contribution in [-0.4, -0.2) is 92.6 Å². The van der Waals surface area contributed by atoms with Crippen molar-refractivity contribution in [3.05, 3.63) is 155 Å². The number of ether oxygens (including phenoxy) is 4. The number of carbonyl (C=O) groups is 7. The molecule has 0 bridgehead atoms. The van der Waals surface area contributed by atoms with Crippen LogP contribution >= 0.6 is 0 Å². The minimum absolute atomic E-state index is 0.0291. The first-order chi connectivity index (χ1) is 31.5. The molecule has 0 aromatic heterocycles. The van der Waals surface area contributed by atoms with Gasteiger partial charge in [-0.25, -0.2) is 19.2 Å². The number of carboxylic acids is 1. The first-order valence-corrected chi connectivity index (χ1v) is 20.5. The molecular formula is C48H47N5O12. The molecule has 1 atom stereocenters. The SMILES string of the molecule is O=C(CNC(=O)OCc1ccc(-c2cccc(COC(=O)COCNC(=O)CNC(=O)OCC3c4ccccc4-c4ccccc43)c2)cc1)NCC(=O)N[C@@H](Cc1ccccc1)C(=O)O. The summed E-state index contributed by atoms with van der Waals surface area (Å²) in [6.45, 7) is -2.01. The number of alkyl carbamates (subject to hydrolysis) is 2. The summed E-state index contributed by atoms with van der Waals surface area (Å²) < 4.78 is 21.2. The number of rotatable bonds is 21. The quantitative estimate of drug-likeness (QED) is 0.0264. The molecule has 17 nitrogen and oxygen atoms in total. The van der Waals surface area contributed by atoms with Crippen LogP contribution < -0.4 is 26.6 Å². The van der Waals surface area contributed by atoms with Crippen LogP contribution in [0.1, 0.15) is 33.7 Å². The summed E-state index contributed by atoms with van der Waals surface area (Å²) in [5.74, 6) is -3.89. The lowest BCUT2D eigenvalue weighted by Gasteiger charge is -2.15. The Balaban J connectivity index is 0.812. The van der Waals surface area contributed by atoms with Gasteiger partial charge in [0.2, 0.25) is 17.7 Å². The summed E-state index contributed by atoms with van der Waals surface area (Å²) in [6.07, 6.45) is -1.53. The predicted molar refractivity (Wildman–Crippen MR) is 235 cm³/mol. The van der Waals surface area contributed by atoms with Crippen molar-refractivity contribution in [3.63, 3.8) is 0 Å². The summed E-state index contributed by atoms with van der Waals surface area (Å²) in [7, 11) is 0. The Hall–Kier alpha value is -8.05. The van der Waals surface area contributed by atoms with Crippen molar-refractivity contribution >= 4 is 41.8 Å². The van der Waals surface area contributed by atoms with Crippen molar-refractivity contribution in [1.29, 1.82) is 0 Å². The highest BCUT2D eigenvalue weighted by molar-refractivity contribution is 5.89. The van der Waals surface area contributed by atoms with Crippen molar-refractivity contribution in [2.75, 3.05) is 39.6 Å². The third-order valence-electron chi connectivity index (χ3n) is 10.1. The van der Waals surface area contributed by atoms with Gasteiger partial charge < -0.3 is 50.6 Å². The minimum Gasteiger partial charge on any atom is -0.480 e. The topological polar surface area (TPSA) is 237 Å². The second-order valence-corrected chi connectivity index (χ2v) is 14.7. The van der Waals surface area contributed by atoms with Gasteiger partial charge in [-0.1, -0.05) is 121 Å². The molecule has 0 aliphatic heterocycles. The Morgan fingerprint density at radius 2 is 1.12 bits per heavy atom. The number of nitrogens with one attached hydrogen (secondary N) is 5. The van der Waals surface area contributed by atoms with E-state index < -0.39 is 67.6 Å². The average Bonchev–Trinajstić information content (AvgIpc) is 3.65. The normalized spacial score (nSPS) is 11.8. The summed E-state index contributed by atoms with van der Waals surface area (Å²) in [5.41, 5.74) is 8.14. The number of esters is 1. The molecule has 65 heavy (non-hydrogen) atoms. The van der Waals surface area contributed by atoms with Gasteiger partial charge in [0.25, 0.3) is 0 Å². The molecule has 0 fully saturated rings. The van der Waals surface area contributed by atoms with Gasteiger partial charge in [0.1, 0.15) is 52.3 Å². The minimum atomic E-state index is -1.22. The molecular weight excluding hydrogens is 839 g/mol. The van der Waals surface area contributed by atoms with E-state index in [0.29, 0.717) is 11.1 Å². The van der Waals surface area contributed by atoms with Gasteiger partial charge in [0, 0.05) is 12.3 Å². The fourth-order valence-corrected chi connectivity index (χ4v) is 6.86. The highest BCUT2D eigenvalue weighted by Crippen LogP contribution is 2.44. The molecule has 0 saturated carbocycles. The number of hydrogen-bond donors (Lipinski definition) is 6. The molecule has 17 heteroatoms. The summed E-state index contributed by atoms with van der Waals surface area (Å²) in [5, 5.41) is 21.3. The lowest BCUT2D eigenvalue weighted by Crippen LogP contribution is -2.47. The van der Waals surface area contributed by atoms with E-state index in [0.717, 1.165) is 38.9 Å². The summed E-state index contributed by atoms with van der Waals surface area (Å²) >= 11 is 0. The monoisotopic (exact) mass is 885 g/mol. The Labute approximate surface area is 373 Å². The third-order valence-corrected chi connectivity index (χ3v) is 10.1. The van der Waals surface area contributed by atoms with Gasteiger partial charge in [0.15, 0.2) is 0 Å². The fraction of sp³-hybridized carbons (Fsp3) is 0.229. The number of carbonyl (C=O) groups excluding carboxylic acids is 6. The van der Waals surface area contributed by atoms with Gasteiger partial charge in [0.05, 0.1) is 6.54 Å². The maximum atomic E-state index is 12.4. The molecule has 0 saturated heterocycles. The Bertz CT molecular complexity index is 2440. The van der Waals surface area contributed by atoms with E-state index in [4.69, 9.17) is 18.9 Å². The Kier molecular flexibility index (Phi) is 16.7. The van der Waals surface area contributed by atoms with Crippen LogP contribution in [0.25, 0.3) is 22.3 Å². The molecule has 5 aromatic carbocycles. The Morgan fingerprint density at radius 3 is 1.80 bits per heavy atom. The standard InChI is InChI=1S/C48H47N5O12/c54-42(49-25-44(56)53-41(46(58)59)22-31-9-2-1-3-10-31)23-50-47(60)64-26-32-17-19-34(20-18-32)35-12-8-11-33(21-35)27-63-45(57)29-62-30-52-43(55)24-51-48(61)65-28-40-38-15-6-4-13-36(38)37-14-5-7-16-39(37)40/h1-21,40-41H,22-30H2,(H,49,54)(H,50,60)(H,51,61)(H,52,55)(H,53,56)(H,58,59)/t41-/m0/s1. The van der Waals surface area contributed by atoms with E-state index in [1.54, 1.807) is 48.5 Å². The van der Waals surface area contributed by atoms with Crippen molar-refractivity contribution < 1.29 is 57.6 Å². The average molecular weight is 886 g/mol. The number of benzene rings is 5. The van der Waals surface area contributed by atoms with Gasteiger partial charge in [-0.15, -0.1) is 0 Å². The highest BCUT2D eigenvalue weighted by atomic mass is 16.6. The maximum Gasteiger partial charge on any atom is 0.407 e. The van der Waals surface area contributed by atoms with Crippen LogP contribution in [0.3, 0.4) is 0 Å².